The van der Waals surface area contributed by atoms with Gasteiger partial charge >= 0.3 is 0 Å². The molecule has 418 valence electrons. The molecule has 0 aliphatic heterocycles. The second-order valence-electron chi connectivity index (χ2n) is 23.9. The van der Waals surface area contributed by atoms with E-state index in [-0.39, 0.29) is 0 Å². The predicted octanol–water partition coefficient (Wildman–Crippen LogP) is 23.8. The molecule has 0 unspecified atom stereocenters. The van der Waals surface area contributed by atoms with Crippen molar-refractivity contribution in [2.45, 2.75) is 0 Å². The number of nitrogens with zero attached hydrogens (tertiary/aromatic N) is 2. The standard InChI is InChI=1S/C84H48N2O4/c1-7-19-73-61(13-1)67-43-49(51-27-33-81-69(45-51)63-15-3-9-21-77(63)87-81)25-31-75(67)85(73)59-39-55(53-29-35-83-71(47-53)65-17-5-11-23-79(65)89-83)37-57(41-59)58-38-56(54-30-36-84-72(48-54)66-18-6-12-24-80(66)90-84)40-60(42-58)86-74-20-8-2-14-62(74)68-44-50(26-32-76(68)86)52-28-34-82-70(46-52)64-16-4-10-22-78(64)88-82/h1-48H. The molecule has 0 atom stereocenters. The highest BCUT2D eigenvalue weighted by atomic mass is 16.3. The Bertz CT molecular complexity index is 6040. The summed E-state index contributed by atoms with van der Waals surface area (Å²) >= 11 is 0. The van der Waals surface area contributed by atoms with E-state index in [4.69, 9.17) is 17.7 Å². The zero-order valence-corrected chi connectivity index (χ0v) is 48.2. The lowest BCUT2D eigenvalue weighted by Crippen LogP contribution is -1.98. The smallest absolute Gasteiger partial charge is 0.135 e. The van der Waals surface area contributed by atoms with Gasteiger partial charge in [0.1, 0.15) is 44.7 Å². The normalized spacial score (nSPS) is 12.2. The summed E-state index contributed by atoms with van der Waals surface area (Å²) in [6.07, 6.45) is 0. The summed E-state index contributed by atoms with van der Waals surface area (Å²) in [7, 11) is 0. The first kappa shape index (κ1) is 49.0. The molecule has 90 heavy (non-hydrogen) atoms. The van der Waals surface area contributed by atoms with Crippen molar-refractivity contribution in [2.75, 3.05) is 0 Å². The molecule has 0 bridgehead atoms. The Balaban J connectivity index is 0.820. The van der Waals surface area contributed by atoms with Crippen molar-refractivity contribution in [1.29, 1.82) is 0 Å². The van der Waals surface area contributed by atoms with Crippen molar-refractivity contribution in [3.05, 3.63) is 291 Å². The third-order valence-corrected chi connectivity index (χ3v) is 18.9. The van der Waals surface area contributed by atoms with E-state index in [1.807, 2.05) is 36.4 Å². The monoisotopic (exact) mass is 1150 g/mol. The molecular weight excluding hydrogens is 1100 g/mol. The van der Waals surface area contributed by atoms with Gasteiger partial charge in [-0.05, 0) is 201 Å². The molecule has 0 aliphatic carbocycles. The first-order valence-electron chi connectivity index (χ1n) is 30.6. The van der Waals surface area contributed by atoms with Gasteiger partial charge in [0.05, 0.1) is 22.1 Å². The molecule has 0 aliphatic rings. The number of furan rings is 4. The minimum Gasteiger partial charge on any atom is -0.456 e. The maximum atomic E-state index is 6.44. The number of fused-ring (bicyclic) bond motifs is 18. The van der Waals surface area contributed by atoms with Gasteiger partial charge in [0.2, 0.25) is 0 Å². The van der Waals surface area contributed by atoms with Crippen LogP contribution in [0.15, 0.2) is 309 Å². The molecule has 0 saturated carbocycles. The average molecular weight is 1150 g/mol. The highest BCUT2D eigenvalue weighted by molar-refractivity contribution is 6.15. The van der Waals surface area contributed by atoms with Crippen LogP contribution in [-0.4, -0.2) is 9.13 Å². The first-order valence-corrected chi connectivity index (χ1v) is 30.6. The summed E-state index contributed by atoms with van der Waals surface area (Å²) in [5, 5.41) is 13.5. The second-order valence-corrected chi connectivity index (χ2v) is 23.9. The van der Waals surface area contributed by atoms with Crippen LogP contribution in [0.5, 0.6) is 0 Å². The summed E-state index contributed by atoms with van der Waals surface area (Å²) in [5.74, 6) is 0. The Morgan fingerprint density at radius 3 is 0.722 bits per heavy atom. The minimum absolute atomic E-state index is 0.861. The number of hydrogen-bond donors (Lipinski definition) is 0. The molecule has 6 heteroatoms. The van der Waals surface area contributed by atoms with E-state index in [9.17, 15) is 0 Å². The molecule has 6 heterocycles. The number of aromatic nitrogens is 2. The third-order valence-electron chi connectivity index (χ3n) is 18.9. The Hall–Kier alpha value is -12.1. The minimum atomic E-state index is 0.861. The summed E-state index contributed by atoms with van der Waals surface area (Å²) < 4.78 is 30.3. The van der Waals surface area contributed by atoms with Crippen molar-refractivity contribution in [2.24, 2.45) is 0 Å². The maximum Gasteiger partial charge on any atom is 0.135 e. The van der Waals surface area contributed by atoms with Crippen LogP contribution in [0.4, 0.5) is 0 Å². The van der Waals surface area contributed by atoms with Gasteiger partial charge in [0.15, 0.2) is 0 Å². The number of rotatable bonds is 7. The molecule has 6 nitrogen and oxygen atoms in total. The van der Waals surface area contributed by atoms with Gasteiger partial charge in [-0.1, -0.05) is 146 Å². The lowest BCUT2D eigenvalue weighted by atomic mass is 9.93. The summed E-state index contributed by atoms with van der Waals surface area (Å²) in [6.45, 7) is 0. The summed E-state index contributed by atoms with van der Waals surface area (Å²) in [6, 6.07) is 105. The third kappa shape index (κ3) is 7.39. The highest BCUT2D eigenvalue weighted by Gasteiger charge is 2.22. The van der Waals surface area contributed by atoms with E-state index in [0.29, 0.717) is 0 Å². The van der Waals surface area contributed by atoms with Crippen LogP contribution in [0, 0.1) is 0 Å². The lowest BCUT2D eigenvalue weighted by Gasteiger charge is -2.17. The Labute approximate surface area is 513 Å². The molecule has 14 aromatic carbocycles. The van der Waals surface area contributed by atoms with E-state index in [2.05, 4.69) is 264 Å². The molecule has 6 aromatic heterocycles. The molecule has 0 amide bonds. The molecule has 0 radical (unpaired) electrons. The van der Waals surface area contributed by atoms with Gasteiger partial charge in [-0.15, -0.1) is 0 Å². The molecule has 0 spiro atoms. The van der Waals surface area contributed by atoms with Crippen LogP contribution >= 0.6 is 0 Å². The van der Waals surface area contributed by atoms with Gasteiger partial charge in [0, 0.05) is 76.0 Å². The number of hydrogen-bond acceptors (Lipinski definition) is 4. The van der Waals surface area contributed by atoms with Crippen LogP contribution in [0.25, 0.3) is 198 Å². The zero-order chi connectivity index (χ0) is 58.7. The first-order chi connectivity index (χ1) is 44.5. The van der Waals surface area contributed by atoms with Crippen molar-refractivity contribution in [3.63, 3.8) is 0 Å². The molecule has 0 N–H and O–H groups in total. The molecular formula is C84H48N2O4. The Morgan fingerprint density at radius 2 is 0.389 bits per heavy atom. The molecule has 20 rings (SSSR count). The molecule has 0 saturated heterocycles. The van der Waals surface area contributed by atoms with Crippen LogP contribution < -0.4 is 0 Å². The number of benzene rings is 14. The fourth-order valence-corrected chi connectivity index (χ4v) is 14.6. The Morgan fingerprint density at radius 1 is 0.156 bits per heavy atom. The van der Waals surface area contributed by atoms with Crippen LogP contribution in [0.2, 0.25) is 0 Å². The quantitative estimate of drug-likeness (QED) is 0.160. The average Bonchev–Trinajstić information content (AvgIpc) is 2.17. The van der Waals surface area contributed by atoms with Gasteiger partial charge in [-0.25, -0.2) is 0 Å². The Kier molecular flexibility index (Phi) is 10.2. The van der Waals surface area contributed by atoms with Gasteiger partial charge in [0.25, 0.3) is 0 Å². The van der Waals surface area contributed by atoms with Crippen molar-refractivity contribution >= 4 is 131 Å². The van der Waals surface area contributed by atoms with E-state index in [0.717, 1.165) is 177 Å². The van der Waals surface area contributed by atoms with Crippen molar-refractivity contribution in [1.82, 2.24) is 9.13 Å². The van der Waals surface area contributed by atoms with E-state index >= 15 is 0 Å². The predicted molar refractivity (Wildman–Crippen MR) is 371 cm³/mol. The lowest BCUT2D eigenvalue weighted by molar-refractivity contribution is 0.668. The van der Waals surface area contributed by atoms with Gasteiger partial charge in [-0.3, -0.25) is 0 Å². The van der Waals surface area contributed by atoms with Crippen LogP contribution in [0.3, 0.4) is 0 Å². The fourth-order valence-electron chi connectivity index (χ4n) is 14.6. The van der Waals surface area contributed by atoms with Crippen LogP contribution in [-0.2, 0) is 0 Å². The summed E-state index contributed by atoms with van der Waals surface area (Å²) in [4.78, 5) is 0. The van der Waals surface area contributed by atoms with Gasteiger partial charge in [-0.2, -0.15) is 0 Å². The van der Waals surface area contributed by atoms with E-state index in [1.165, 1.54) is 21.5 Å². The number of para-hydroxylation sites is 6. The summed E-state index contributed by atoms with van der Waals surface area (Å²) in [5.41, 5.74) is 24.7. The topological polar surface area (TPSA) is 62.4 Å². The molecule has 0 fully saturated rings. The largest absolute Gasteiger partial charge is 0.456 e. The SMILES string of the molecule is c1ccc2c(c1)oc1ccc(-c3cc(-c4cc(-c5ccc6oc7ccccc7c6c5)cc(-n5c6ccccc6c6cc(-c7ccc8oc9ccccc9c8c7)ccc65)c4)cc(-n4c5ccccc5c5cc(-c6ccc7oc8ccccc8c7c6)ccc54)c3)cc12. The van der Waals surface area contributed by atoms with E-state index in [1.54, 1.807) is 0 Å². The van der Waals surface area contributed by atoms with Gasteiger partial charge < -0.3 is 26.8 Å². The second kappa shape index (κ2) is 18.7. The zero-order valence-electron chi connectivity index (χ0n) is 48.2. The van der Waals surface area contributed by atoms with Crippen LogP contribution in [0.1, 0.15) is 0 Å². The van der Waals surface area contributed by atoms with Crippen molar-refractivity contribution < 1.29 is 17.7 Å². The fraction of sp³-hybridized carbons (Fsp3) is 0. The van der Waals surface area contributed by atoms with Crippen molar-refractivity contribution in [3.8, 4) is 67.0 Å². The maximum absolute atomic E-state index is 6.44. The molecule has 20 aromatic rings. The van der Waals surface area contributed by atoms with E-state index < -0.39 is 0 Å². The highest BCUT2D eigenvalue weighted by Crippen LogP contribution is 2.45.